The van der Waals surface area contributed by atoms with E-state index in [9.17, 15) is 4.79 Å². The molecule has 6 nitrogen and oxygen atoms in total. The van der Waals surface area contributed by atoms with Crippen LogP contribution in [0.2, 0.25) is 5.02 Å². The topological polar surface area (TPSA) is 54.9 Å². The Kier molecular flexibility index (Phi) is 7.49. The predicted octanol–water partition coefficient (Wildman–Crippen LogP) is 3.50. The van der Waals surface area contributed by atoms with Gasteiger partial charge in [-0.2, -0.15) is 0 Å². The second-order valence-corrected chi connectivity index (χ2v) is 7.16. The summed E-state index contributed by atoms with van der Waals surface area (Å²) in [6, 6.07) is 7.64. The van der Waals surface area contributed by atoms with Crippen LogP contribution in [0.3, 0.4) is 0 Å². The molecule has 1 aromatic heterocycles. The molecule has 0 unspecified atom stereocenters. The van der Waals surface area contributed by atoms with Crippen LogP contribution in [0.1, 0.15) is 18.1 Å². The number of rotatable bonds is 7. The van der Waals surface area contributed by atoms with Gasteiger partial charge in [0.25, 0.3) is 0 Å². The molecule has 2 heterocycles. The summed E-state index contributed by atoms with van der Waals surface area (Å²) >= 11 is 6.27. The highest BCUT2D eigenvalue weighted by molar-refractivity contribution is 6.32. The minimum absolute atomic E-state index is 0.00142. The Morgan fingerprint density at radius 3 is 2.59 bits per heavy atom. The van der Waals surface area contributed by atoms with Crippen LogP contribution in [0.15, 0.2) is 42.7 Å². The number of carbonyl (C=O) groups is 1. The number of carbonyl (C=O) groups excluding carboxylic acids is 1. The molecule has 1 aliphatic rings. The molecule has 29 heavy (non-hydrogen) atoms. The van der Waals surface area contributed by atoms with Gasteiger partial charge < -0.3 is 14.4 Å². The van der Waals surface area contributed by atoms with Crippen LogP contribution in [0, 0.1) is 0 Å². The number of methoxy groups -OCH3 is 1. The maximum Gasteiger partial charge on any atom is 0.246 e. The fourth-order valence-corrected chi connectivity index (χ4v) is 3.59. The number of hydrogen-bond donors (Lipinski definition) is 0. The SMILES string of the molecule is CCOc1cc(/C=C/C(=O)N2CCN(Cc3ccncc3)CC2)cc(Cl)c1OC. The van der Waals surface area contributed by atoms with Crippen molar-refractivity contribution in [2.24, 2.45) is 0 Å². The van der Waals surface area contributed by atoms with Gasteiger partial charge in [-0.1, -0.05) is 11.6 Å². The lowest BCUT2D eigenvalue weighted by Crippen LogP contribution is -2.47. The van der Waals surface area contributed by atoms with E-state index in [4.69, 9.17) is 21.1 Å². The van der Waals surface area contributed by atoms with Gasteiger partial charge in [0.2, 0.25) is 5.91 Å². The van der Waals surface area contributed by atoms with Crippen LogP contribution >= 0.6 is 11.6 Å². The molecule has 1 saturated heterocycles. The Morgan fingerprint density at radius 1 is 1.21 bits per heavy atom. The molecule has 3 rings (SSSR count). The number of aromatic nitrogens is 1. The molecule has 1 fully saturated rings. The predicted molar refractivity (Wildman–Crippen MR) is 114 cm³/mol. The Balaban J connectivity index is 1.57. The van der Waals surface area contributed by atoms with Gasteiger partial charge >= 0.3 is 0 Å². The fraction of sp³-hybridized carbons (Fsp3) is 0.364. The average molecular weight is 416 g/mol. The molecule has 0 radical (unpaired) electrons. The Hall–Kier alpha value is -2.57. The van der Waals surface area contributed by atoms with Gasteiger partial charge in [0, 0.05) is 51.2 Å². The van der Waals surface area contributed by atoms with E-state index in [1.165, 1.54) is 5.56 Å². The van der Waals surface area contributed by atoms with E-state index < -0.39 is 0 Å². The van der Waals surface area contributed by atoms with Gasteiger partial charge in [-0.25, -0.2) is 0 Å². The average Bonchev–Trinajstić information content (AvgIpc) is 2.73. The van der Waals surface area contributed by atoms with E-state index in [2.05, 4.69) is 9.88 Å². The van der Waals surface area contributed by atoms with Gasteiger partial charge in [-0.3, -0.25) is 14.7 Å². The third kappa shape index (κ3) is 5.71. The van der Waals surface area contributed by atoms with Crippen molar-refractivity contribution in [1.82, 2.24) is 14.8 Å². The highest BCUT2D eigenvalue weighted by Gasteiger charge is 2.19. The zero-order valence-corrected chi connectivity index (χ0v) is 17.6. The minimum atomic E-state index is -0.00142. The quantitative estimate of drug-likeness (QED) is 0.648. The van der Waals surface area contributed by atoms with Crippen LogP contribution in [-0.2, 0) is 11.3 Å². The number of piperazine rings is 1. The van der Waals surface area contributed by atoms with Crippen molar-refractivity contribution < 1.29 is 14.3 Å². The first kappa shape index (κ1) is 21.1. The molecular weight excluding hydrogens is 390 g/mol. The highest BCUT2D eigenvalue weighted by atomic mass is 35.5. The molecule has 0 saturated carbocycles. The van der Waals surface area contributed by atoms with Crippen molar-refractivity contribution in [3.63, 3.8) is 0 Å². The van der Waals surface area contributed by atoms with E-state index in [0.29, 0.717) is 36.2 Å². The monoisotopic (exact) mass is 415 g/mol. The number of hydrogen-bond acceptors (Lipinski definition) is 5. The van der Waals surface area contributed by atoms with Crippen LogP contribution in [0.5, 0.6) is 11.5 Å². The summed E-state index contributed by atoms with van der Waals surface area (Å²) in [5, 5.41) is 0.454. The first-order valence-corrected chi connectivity index (χ1v) is 10.1. The summed E-state index contributed by atoms with van der Waals surface area (Å²) in [5.74, 6) is 1.07. The third-order valence-electron chi connectivity index (χ3n) is 4.79. The molecular formula is C22H26ClN3O3. The Morgan fingerprint density at radius 2 is 1.93 bits per heavy atom. The second-order valence-electron chi connectivity index (χ2n) is 6.76. The Bertz CT molecular complexity index is 850. The van der Waals surface area contributed by atoms with Gasteiger partial charge in [-0.15, -0.1) is 0 Å². The molecule has 154 valence electrons. The molecule has 2 aromatic rings. The maximum absolute atomic E-state index is 12.6. The van der Waals surface area contributed by atoms with Gasteiger partial charge in [0.15, 0.2) is 11.5 Å². The molecule has 0 bridgehead atoms. The number of nitrogens with zero attached hydrogens (tertiary/aromatic N) is 3. The summed E-state index contributed by atoms with van der Waals surface area (Å²) in [4.78, 5) is 20.8. The third-order valence-corrected chi connectivity index (χ3v) is 5.07. The van der Waals surface area contributed by atoms with Gasteiger partial charge in [0.05, 0.1) is 18.7 Å². The number of halogens is 1. The van der Waals surface area contributed by atoms with Crippen LogP contribution < -0.4 is 9.47 Å². The maximum atomic E-state index is 12.6. The smallest absolute Gasteiger partial charge is 0.246 e. The number of ether oxygens (including phenoxy) is 2. The van der Waals surface area contributed by atoms with Crippen molar-refractivity contribution >= 4 is 23.6 Å². The number of benzene rings is 1. The van der Waals surface area contributed by atoms with Crippen molar-refractivity contribution in [3.05, 3.63) is 58.9 Å². The van der Waals surface area contributed by atoms with Crippen LogP contribution in [-0.4, -0.2) is 60.6 Å². The molecule has 0 spiro atoms. The molecule has 0 aliphatic carbocycles. The summed E-state index contributed by atoms with van der Waals surface area (Å²) in [7, 11) is 1.55. The zero-order valence-electron chi connectivity index (χ0n) is 16.8. The molecule has 7 heteroatoms. The Labute approximate surface area is 176 Å². The normalized spacial score (nSPS) is 14.9. The minimum Gasteiger partial charge on any atom is -0.491 e. The second kappa shape index (κ2) is 10.3. The van der Waals surface area contributed by atoms with E-state index in [1.54, 1.807) is 25.3 Å². The van der Waals surface area contributed by atoms with E-state index in [-0.39, 0.29) is 5.91 Å². The lowest BCUT2D eigenvalue weighted by atomic mass is 10.1. The van der Waals surface area contributed by atoms with Crippen molar-refractivity contribution in [1.29, 1.82) is 0 Å². The molecule has 1 aromatic carbocycles. The lowest BCUT2D eigenvalue weighted by Gasteiger charge is -2.34. The molecule has 1 amide bonds. The van der Waals surface area contributed by atoms with Crippen LogP contribution in [0.4, 0.5) is 0 Å². The standard InChI is InChI=1S/C22H26ClN3O3/c1-3-29-20-15-18(14-19(23)22(20)28-2)4-5-21(27)26-12-10-25(11-13-26)16-17-6-8-24-9-7-17/h4-9,14-15H,3,10-13,16H2,1-2H3/b5-4+. The van der Waals surface area contributed by atoms with Crippen molar-refractivity contribution in [2.45, 2.75) is 13.5 Å². The van der Waals surface area contributed by atoms with Crippen molar-refractivity contribution in [3.8, 4) is 11.5 Å². The van der Waals surface area contributed by atoms with Crippen molar-refractivity contribution in [2.75, 3.05) is 39.9 Å². The first-order chi connectivity index (χ1) is 14.1. The van der Waals surface area contributed by atoms with Gasteiger partial charge in [-0.05, 0) is 48.4 Å². The first-order valence-electron chi connectivity index (χ1n) is 9.69. The summed E-state index contributed by atoms with van der Waals surface area (Å²) in [5.41, 5.74) is 2.03. The number of pyridine rings is 1. The largest absolute Gasteiger partial charge is 0.491 e. The van der Waals surface area contributed by atoms with E-state index in [0.717, 1.165) is 25.2 Å². The lowest BCUT2D eigenvalue weighted by molar-refractivity contribution is -0.127. The fourth-order valence-electron chi connectivity index (χ4n) is 3.29. The van der Waals surface area contributed by atoms with E-state index >= 15 is 0 Å². The highest BCUT2D eigenvalue weighted by Crippen LogP contribution is 2.36. The van der Waals surface area contributed by atoms with E-state index in [1.807, 2.05) is 42.4 Å². The molecule has 0 atom stereocenters. The molecule has 1 aliphatic heterocycles. The zero-order chi connectivity index (χ0) is 20.6. The number of amides is 1. The summed E-state index contributed by atoms with van der Waals surface area (Å²) in [6.07, 6.45) is 6.97. The molecule has 0 N–H and O–H groups in total. The summed E-state index contributed by atoms with van der Waals surface area (Å²) in [6.45, 7) is 6.40. The summed E-state index contributed by atoms with van der Waals surface area (Å²) < 4.78 is 10.9. The van der Waals surface area contributed by atoms with Crippen LogP contribution in [0.25, 0.3) is 6.08 Å². The van der Waals surface area contributed by atoms with Gasteiger partial charge in [0.1, 0.15) is 0 Å².